The van der Waals surface area contributed by atoms with Gasteiger partial charge in [-0.25, -0.2) is 0 Å². The summed E-state index contributed by atoms with van der Waals surface area (Å²) in [6, 6.07) is 6.44. The van der Waals surface area contributed by atoms with Gasteiger partial charge in [-0.2, -0.15) is 0 Å². The van der Waals surface area contributed by atoms with Crippen LogP contribution >= 0.6 is 0 Å². The molecule has 2 aliphatic rings. The van der Waals surface area contributed by atoms with Gasteiger partial charge in [-0.1, -0.05) is 31.4 Å². The number of para-hydroxylation sites is 1. The van der Waals surface area contributed by atoms with E-state index in [1.165, 1.54) is 24.8 Å². The summed E-state index contributed by atoms with van der Waals surface area (Å²) in [5, 5.41) is 6.59. The Labute approximate surface area is 114 Å². The summed E-state index contributed by atoms with van der Waals surface area (Å²) in [6.07, 6.45) is 8.30. The molecule has 2 N–H and O–H groups in total. The lowest BCUT2D eigenvalue weighted by molar-refractivity contribution is 0.0928. The van der Waals surface area contributed by atoms with Crippen LogP contribution in [0.4, 0.5) is 5.69 Å². The molecular weight excluding hydrogens is 236 g/mol. The summed E-state index contributed by atoms with van der Waals surface area (Å²) in [5.41, 5.74) is 3.16. The highest BCUT2D eigenvalue weighted by Crippen LogP contribution is 2.26. The second-order valence-corrected chi connectivity index (χ2v) is 5.68. The number of benzene rings is 1. The third-order valence-corrected chi connectivity index (χ3v) is 4.26. The van der Waals surface area contributed by atoms with Crippen molar-refractivity contribution in [2.45, 2.75) is 51.0 Å². The minimum absolute atomic E-state index is 0.0955. The van der Waals surface area contributed by atoms with E-state index in [1.54, 1.807) is 0 Å². The number of carbonyl (C=O) groups excluding carboxylic acids is 1. The van der Waals surface area contributed by atoms with Crippen molar-refractivity contribution >= 4 is 11.6 Å². The molecule has 1 amide bonds. The lowest BCUT2D eigenvalue weighted by atomic mass is 9.94. The highest BCUT2D eigenvalue weighted by molar-refractivity contribution is 6.00. The second kappa shape index (κ2) is 5.64. The lowest BCUT2D eigenvalue weighted by Crippen LogP contribution is -2.36. The van der Waals surface area contributed by atoms with E-state index in [0.717, 1.165) is 43.5 Å². The number of carbonyl (C=O) groups is 1. The van der Waals surface area contributed by atoms with Gasteiger partial charge in [-0.05, 0) is 37.3 Å². The monoisotopic (exact) mass is 258 g/mol. The number of nitrogens with one attached hydrogen (secondary N) is 2. The number of hydrogen-bond donors (Lipinski definition) is 2. The molecule has 0 radical (unpaired) electrons. The summed E-state index contributed by atoms with van der Waals surface area (Å²) in [6.45, 7) is 0.973. The number of amides is 1. The summed E-state index contributed by atoms with van der Waals surface area (Å²) >= 11 is 0. The predicted molar refractivity (Wildman–Crippen MR) is 77.6 cm³/mol. The molecule has 3 rings (SSSR count). The molecule has 0 bridgehead atoms. The van der Waals surface area contributed by atoms with Gasteiger partial charge < -0.3 is 10.6 Å². The smallest absolute Gasteiger partial charge is 0.253 e. The number of hydrogen-bond acceptors (Lipinski definition) is 2. The average Bonchev–Trinajstić information content (AvgIpc) is 2.47. The van der Waals surface area contributed by atoms with Crippen LogP contribution in [0.1, 0.15) is 54.4 Å². The minimum atomic E-state index is 0.0955. The van der Waals surface area contributed by atoms with Crippen molar-refractivity contribution in [2.24, 2.45) is 0 Å². The first kappa shape index (κ1) is 12.5. The van der Waals surface area contributed by atoms with E-state index in [9.17, 15) is 4.79 Å². The molecule has 1 fully saturated rings. The molecule has 1 heterocycles. The zero-order valence-electron chi connectivity index (χ0n) is 11.4. The van der Waals surface area contributed by atoms with Crippen LogP contribution in [0.15, 0.2) is 18.2 Å². The van der Waals surface area contributed by atoms with E-state index < -0.39 is 0 Å². The van der Waals surface area contributed by atoms with Crippen molar-refractivity contribution in [1.82, 2.24) is 5.32 Å². The molecule has 102 valence electrons. The molecule has 0 saturated heterocycles. The number of rotatable bonds is 2. The van der Waals surface area contributed by atoms with Crippen LogP contribution in [0, 0.1) is 0 Å². The van der Waals surface area contributed by atoms with Crippen LogP contribution < -0.4 is 10.6 Å². The molecule has 1 aliphatic carbocycles. The van der Waals surface area contributed by atoms with Crippen molar-refractivity contribution in [2.75, 3.05) is 11.9 Å². The Morgan fingerprint density at radius 2 is 2.00 bits per heavy atom. The highest BCUT2D eigenvalue weighted by Gasteiger charge is 2.20. The third kappa shape index (κ3) is 2.75. The Balaban J connectivity index is 1.75. The minimum Gasteiger partial charge on any atom is -0.384 e. The van der Waals surface area contributed by atoms with Gasteiger partial charge in [0.25, 0.3) is 5.91 Å². The van der Waals surface area contributed by atoms with Gasteiger partial charge in [-0.3, -0.25) is 4.79 Å². The second-order valence-electron chi connectivity index (χ2n) is 5.68. The third-order valence-electron chi connectivity index (χ3n) is 4.26. The van der Waals surface area contributed by atoms with Crippen LogP contribution in [-0.4, -0.2) is 18.5 Å². The molecule has 0 atom stereocenters. The molecule has 0 aromatic heterocycles. The fourth-order valence-corrected chi connectivity index (χ4v) is 3.21. The molecule has 1 aliphatic heterocycles. The van der Waals surface area contributed by atoms with Crippen LogP contribution in [-0.2, 0) is 6.42 Å². The Kier molecular flexibility index (Phi) is 3.72. The fraction of sp³-hybridized carbons (Fsp3) is 0.562. The van der Waals surface area contributed by atoms with Crippen molar-refractivity contribution in [3.63, 3.8) is 0 Å². The molecule has 19 heavy (non-hydrogen) atoms. The van der Waals surface area contributed by atoms with E-state index in [2.05, 4.69) is 16.7 Å². The first-order valence-corrected chi connectivity index (χ1v) is 7.51. The average molecular weight is 258 g/mol. The number of fused-ring (bicyclic) bond motifs is 1. The quantitative estimate of drug-likeness (QED) is 0.855. The number of anilines is 1. The first-order chi connectivity index (χ1) is 9.34. The van der Waals surface area contributed by atoms with Gasteiger partial charge in [-0.15, -0.1) is 0 Å². The largest absolute Gasteiger partial charge is 0.384 e. The van der Waals surface area contributed by atoms with E-state index in [1.807, 2.05) is 12.1 Å². The molecule has 0 unspecified atom stereocenters. The van der Waals surface area contributed by atoms with Gasteiger partial charge >= 0.3 is 0 Å². The molecular formula is C16H22N2O. The maximum absolute atomic E-state index is 12.4. The van der Waals surface area contributed by atoms with Crippen LogP contribution in [0.3, 0.4) is 0 Å². The van der Waals surface area contributed by atoms with Crippen molar-refractivity contribution < 1.29 is 4.79 Å². The first-order valence-electron chi connectivity index (χ1n) is 7.51. The van der Waals surface area contributed by atoms with Crippen LogP contribution in [0.5, 0.6) is 0 Å². The molecule has 3 nitrogen and oxygen atoms in total. The van der Waals surface area contributed by atoms with E-state index in [0.29, 0.717) is 6.04 Å². The zero-order valence-corrected chi connectivity index (χ0v) is 11.4. The van der Waals surface area contributed by atoms with Gasteiger partial charge in [0.2, 0.25) is 0 Å². The SMILES string of the molecule is O=C(NC1CCCCC1)c1cccc2c1NCCC2. The Morgan fingerprint density at radius 1 is 1.16 bits per heavy atom. The lowest BCUT2D eigenvalue weighted by Gasteiger charge is -2.25. The van der Waals surface area contributed by atoms with Crippen molar-refractivity contribution in [3.8, 4) is 0 Å². The van der Waals surface area contributed by atoms with Gasteiger partial charge in [0.1, 0.15) is 0 Å². The van der Waals surface area contributed by atoms with Crippen LogP contribution in [0.2, 0.25) is 0 Å². The van der Waals surface area contributed by atoms with E-state index in [-0.39, 0.29) is 5.91 Å². The molecule has 1 saturated carbocycles. The summed E-state index contributed by atoms with van der Waals surface area (Å²) < 4.78 is 0. The maximum Gasteiger partial charge on any atom is 0.253 e. The fourth-order valence-electron chi connectivity index (χ4n) is 3.21. The predicted octanol–water partition coefficient (Wildman–Crippen LogP) is 3.11. The van der Waals surface area contributed by atoms with Gasteiger partial charge in [0.05, 0.1) is 11.3 Å². The number of aryl methyl sites for hydroxylation is 1. The van der Waals surface area contributed by atoms with Gasteiger partial charge in [0.15, 0.2) is 0 Å². The van der Waals surface area contributed by atoms with E-state index >= 15 is 0 Å². The molecule has 1 aromatic carbocycles. The zero-order chi connectivity index (χ0) is 13.1. The molecule has 1 aromatic rings. The normalized spacial score (nSPS) is 19.4. The Morgan fingerprint density at radius 3 is 2.84 bits per heavy atom. The maximum atomic E-state index is 12.4. The Hall–Kier alpha value is -1.51. The van der Waals surface area contributed by atoms with Crippen LogP contribution in [0.25, 0.3) is 0 Å². The topological polar surface area (TPSA) is 41.1 Å². The summed E-state index contributed by atoms with van der Waals surface area (Å²) in [5.74, 6) is 0.0955. The molecule has 0 spiro atoms. The molecule has 3 heteroatoms. The highest BCUT2D eigenvalue weighted by atomic mass is 16.1. The summed E-state index contributed by atoms with van der Waals surface area (Å²) in [7, 11) is 0. The van der Waals surface area contributed by atoms with Crippen molar-refractivity contribution in [1.29, 1.82) is 0 Å². The summed E-state index contributed by atoms with van der Waals surface area (Å²) in [4.78, 5) is 12.4. The van der Waals surface area contributed by atoms with Crippen molar-refractivity contribution in [3.05, 3.63) is 29.3 Å². The van der Waals surface area contributed by atoms with Gasteiger partial charge in [0, 0.05) is 12.6 Å². The standard InChI is InChI=1S/C16H22N2O/c19-16(18-13-8-2-1-3-9-13)14-10-4-6-12-7-5-11-17-15(12)14/h4,6,10,13,17H,1-3,5,7-9,11H2,(H,18,19). The Bertz CT molecular complexity index is 464. The van der Waals surface area contributed by atoms with E-state index in [4.69, 9.17) is 0 Å².